The van der Waals surface area contributed by atoms with Gasteiger partial charge in [-0.1, -0.05) is 12.1 Å². The Morgan fingerprint density at radius 3 is 2.26 bits per heavy atom. The standard InChI is InChI=1S/C19H15F3N4O/c20-14-3-1-12(2-4-14)7-8-23-18(27)13-10-24-19(25-11-13)26-17-6-5-15(21)9-16(17)22/h1-6,9-11H,7-8H2,(H,23,27)(H,24,25,26). The number of hydrogen-bond acceptors (Lipinski definition) is 4. The Kier molecular flexibility index (Phi) is 5.65. The van der Waals surface area contributed by atoms with E-state index < -0.39 is 11.6 Å². The van der Waals surface area contributed by atoms with Gasteiger partial charge in [-0.05, 0) is 36.2 Å². The summed E-state index contributed by atoms with van der Waals surface area (Å²) in [5.41, 5.74) is 1.15. The molecular weight excluding hydrogens is 357 g/mol. The van der Waals surface area contributed by atoms with Crippen molar-refractivity contribution in [2.24, 2.45) is 0 Å². The third-order valence-corrected chi connectivity index (χ3v) is 3.70. The number of carbonyl (C=O) groups excluding carboxylic acids is 1. The van der Waals surface area contributed by atoms with Crippen molar-refractivity contribution in [2.45, 2.75) is 6.42 Å². The molecule has 1 amide bonds. The van der Waals surface area contributed by atoms with Crippen LogP contribution < -0.4 is 10.6 Å². The Labute approximate surface area is 153 Å². The third kappa shape index (κ3) is 5.04. The molecule has 0 atom stereocenters. The molecule has 2 N–H and O–H groups in total. The number of halogens is 3. The second-order valence-electron chi connectivity index (χ2n) is 5.68. The second kappa shape index (κ2) is 8.31. The molecule has 0 bridgehead atoms. The molecule has 3 rings (SSSR count). The lowest BCUT2D eigenvalue weighted by Gasteiger charge is -2.07. The predicted molar refractivity (Wildman–Crippen MR) is 94.1 cm³/mol. The quantitative estimate of drug-likeness (QED) is 0.694. The maximum atomic E-state index is 13.6. The molecule has 0 fully saturated rings. The molecule has 3 aromatic rings. The molecule has 5 nitrogen and oxygen atoms in total. The molecule has 0 saturated heterocycles. The fourth-order valence-corrected chi connectivity index (χ4v) is 2.29. The zero-order valence-corrected chi connectivity index (χ0v) is 14.0. The summed E-state index contributed by atoms with van der Waals surface area (Å²) in [7, 11) is 0. The number of aromatic nitrogens is 2. The first-order chi connectivity index (χ1) is 13.0. The fourth-order valence-electron chi connectivity index (χ4n) is 2.29. The van der Waals surface area contributed by atoms with Gasteiger partial charge in [0.05, 0.1) is 11.3 Å². The van der Waals surface area contributed by atoms with Crippen LogP contribution in [0.2, 0.25) is 0 Å². The first kappa shape index (κ1) is 18.4. The van der Waals surface area contributed by atoms with Crippen molar-refractivity contribution in [3.63, 3.8) is 0 Å². The number of benzene rings is 2. The average Bonchev–Trinajstić information content (AvgIpc) is 2.66. The monoisotopic (exact) mass is 372 g/mol. The van der Waals surface area contributed by atoms with Gasteiger partial charge in [-0.25, -0.2) is 23.1 Å². The number of nitrogens with one attached hydrogen (secondary N) is 2. The Bertz CT molecular complexity index is 931. The summed E-state index contributed by atoms with van der Waals surface area (Å²) in [5, 5.41) is 5.32. The highest BCUT2D eigenvalue weighted by atomic mass is 19.1. The van der Waals surface area contributed by atoms with Crippen LogP contribution in [0.5, 0.6) is 0 Å². The third-order valence-electron chi connectivity index (χ3n) is 3.70. The molecule has 0 aliphatic heterocycles. The van der Waals surface area contributed by atoms with Gasteiger partial charge in [-0.2, -0.15) is 0 Å². The topological polar surface area (TPSA) is 66.9 Å². The van der Waals surface area contributed by atoms with Crippen LogP contribution in [0, 0.1) is 17.5 Å². The fraction of sp³-hybridized carbons (Fsp3) is 0.105. The van der Waals surface area contributed by atoms with E-state index in [1.807, 2.05) is 0 Å². The molecule has 1 heterocycles. The van der Waals surface area contributed by atoms with Crippen molar-refractivity contribution in [3.8, 4) is 0 Å². The molecule has 0 radical (unpaired) electrons. The lowest BCUT2D eigenvalue weighted by atomic mass is 10.1. The molecule has 8 heteroatoms. The zero-order chi connectivity index (χ0) is 19.2. The molecule has 27 heavy (non-hydrogen) atoms. The van der Waals surface area contributed by atoms with E-state index in [2.05, 4.69) is 20.6 Å². The Balaban J connectivity index is 1.54. The lowest BCUT2D eigenvalue weighted by molar-refractivity contribution is 0.0953. The number of amides is 1. The SMILES string of the molecule is O=C(NCCc1ccc(F)cc1)c1cnc(Nc2ccc(F)cc2F)nc1. The van der Waals surface area contributed by atoms with E-state index in [-0.39, 0.29) is 28.9 Å². The number of anilines is 2. The maximum Gasteiger partial charge on any atom is 0.254 e. The smallest absolute Gasteiger partial charge is 0.254 e. The van der Waals surface area contributed by atoms with Crippen LogP contribution in [0.3, 0.4) is 0 Å². The Morgan fingerprint density at radius 2 is 1.59 bits per heavy atom. The maximum absolute atomic E-state index is 13.6. The molecule has 138 valence electrons. The van der Waals surface area contributed by atoms with Gasteiger partial charge in [0.25, 0.3) is 5.91 Å². The van der Waals surface area contributed by atoms with Gasteiger partial charge in [0.15, 0.2) is 0 Å². The van der Waals surface area contributed by atoms with Gasteiger partial charge in [0.1, 0.15) is 17.5 Å². The van der Waals surface area contributed by atoms with Crippen molar-refractivity contribution in [1.29, 1.82) is 0 Å². The highest BCUT2D eigenvalue weighted by Gasteiger charge is 2.09. The minimum Gasteiger partial charge on any atom is -0.352 e. The molecular formula is C19H15F3N4O. The minimum absolute atomic E-state index is 0.0212. The summed E-state index contributed by atoms with van der Waals surface area (Å²) in [6.07, 6.45) is 3.14. The van der Waals surface area contributed by atoms with Crippen molar-refractivity contribution in [3.05, 3.63) is 83.4 Å². The van der Waals surface area contributed by atoms with Gasteiger partial charge in [-0.3, -0.25) is 4.79 Å². The van der Waals surface area contributed by atoms with Crippen LogP contribution in [-0.4, -0.2) is 22.4 Å². The Hall–Kier alpha value is -3.42. The van der Waals surface area contributed by atoms with Crippen LogP contribution in [0.4, 0.5) is 24.8 Å². The van der Waals surface area contributed by atoms with Gasteiger partial charge in [0, 0.05) is 25.0 Å². The summed E-state index contributed by atoms with van der Waals surface area (Å²) in [5.74, 6) is -2.07. The molecule has 0 spiro atoms. The van der Waals surface area contributed by atoms with Crippen LogP contribution in [0.25, 0.3) is 0 Å². The van der Waals surface area contributed by atoms with Gasteiger partial charge >= 0.3 is 0 Å². The van der Waals surface area contributed by atoms with Crippen molar-refractivity contribution in [1.82, 2.24) is 15.3 Å². The second-order valence-corrected chi connectivity index (χ2v) is 5.68. The molecule has 2 aromatic carbocycles. The first-order valence-electron chi connectivity index (χ1n) is 8.08. The molecule has 0 aliphatic rings. The highest BCUT2D eigenvalue weighted by molar-refractivity contribution is 5.93. The predicted octanol–water partition coefficient (Wildman–Crippen LogP) is 3.61. The minimum atomic E-state index is -0.777. The summed E-state index contributed by atoms with van der Waals surface area (Å²) < 4.78 is 39.3. The first-order valence-corrected chi connectivity index (χ1v) is 8.08. The van der Waals surface area contributed by atoms with E-state index in [0.29, 0.717) is 13.0 Å². The van der Waals surface area contributed by atoms with Crippen molar-refractivity contribution >= 4 is 17.5 Å². The largest absolute Gasteiger partial charge is 0.352 e. The number of nitrogens with zero attached hydrogens (tertiary/aromatic N) is 2. The van der Waals surface area contributed by atoms with E-state index >= 15 is 0 Å². The number of rotatable bonds is 6. The normalized spacial score (nSPS) is 10.5. The van der Waals surface area contributed by atoms with E-state index in [1.54, 1.807) is 12.1 Å². The van der Waals surface area contributed by atoms with E-state index in [4.69, 9.17) is 0 Å². The number of carbonyl (C=O) groups is 1. The number of hydrogen-bond donors (Lipinski definition) is 2. The van der Waals surface area contributed by atoms with Crippen LogP contribution in [-0.2, 0) is 6.42 Å². The van der Waals surface area contributed by atoms with Crippen LogP contribution in [0.1, 0.15) is 15.9 Å². The summed E-state index contributed by atoms with van der Waals surface area (Å²) in [4.78, 5) is 20.0. The average molecular weight is 372 g/mol. The van der Waals surface area contributed by atoms with Gasteiger partial charge in [-0.15, -0.1) is 0 Å². The molecule has 1 aromatic heterocycles. The van der Waals surface area contributed by atoms with E-state index in [1.165, 1.54) is 30.6 Å². The van der Waals surface area contributed by atoms with Gasteiger partial charge in [0.2, 0.25) is 5.95 Å². The van der Waals surface area contributed by atoms with E-state index in [9.17, 15) is 18.0 Å². The molecule has 0 saturated carbocycles. The van der Waals surface area contributed by atoms with Gasteiger partial charge < -0.3 is 10.6 Å². The van der Waals surface area contributed by atoms with Crippen molar-refractivity contribution in [2.75, 3.05) is 11.9 Å². The zero-order valence-electron chi connectivity index (χ0n) is 14.0. The molecule has 0 unspecified atom stereocenters. The molecule has 0 aliphatic carbocycles. The summed E-state index contributed by atoms with van der Waals surface area (Å²) in [6.45, 7) is 0.366. The Morgan fingerprint density at radius 1 is 0.926 bits per heavy atom. The lowest BCUT2D eigenvalue weighted by Crippen LogP contribution is -2.26. The van der Waals surface area contributed by atoms with Crippen LogP contribution >= 0.6 is 0 Å². The van der Waals surface area contributed by atoms with E-state index in [0.717, 1.165) is 17.7 Å². The summed E-state index contributed by atoms with van der Waals surface area (Å²) in [6, 6.07) is 9.10. The van der Waals surface area contributed by atoms with Crippen molar-refractivity contribution < 1.29 is 18.0 Å². The highest BCUT2D eigenvalue weighted by Crippen LogP contribution is 2.18. The van der Waals surface area contributed by atoms with Crippen LogP contribution in [0.15, 0.2) is 54.9 Å². The summed E-state index contributed by atoms with van der Waals surface area (Å²) >= 11 is 0.